The molecule has 0 amide bonds. The fourth-order valence-corrected chi connectivity index (χ4v) is 3.63. The second-order valence-electron chi connectivity index (χ2n) is 4.91. The van der Waals surface area contributed by atoms with Gasteiger partial charge in [-0.25, -0.2) is 0 Å². The van der Waals surface area contributed by atoms with Crippen LogP contribution in [0.5, 0.6) is 0 Å². The number of fused-ring (bicyclic) bond motifs is 2. The van der Waals surface area contributed by atoms with Gasteiger partial charge in [0.2, 0.25) is 0 Å². The number of carbonyl (C=O) groups excluding carboxylic acids is 2. The molecule has 2 aromatic carbocycles. The van der Waals surface area contributed by atoms with Gasteiger partial charge >= 0.3 is 0 Å². The average molecular weight is 352 g/mol. The number of anilines is 1. The maximum atomic E-state index is 12.8. The molecule has 2 aromatic rings. The number of nitrogens with one attached hydrogen (secondary N) is 1. The normalized spacial score (nSPS) is 13.5. The molecular weight excluding hydrogens is 342 g/mol. The Morgan fingerprint density at radius 3 is 2.30 bits per heavy atom. The quantitative estimate of drug-likeness (QED) is 0.687. The van der Waals surface area contributed by atoms with Crippen molar-refractivity contribution in [3.8, 4) is 0 Å². The SMILES string of the molecule is CNc1ccc(Cl)c2c1C(=O)c1cccc(S(=O)(=O)O)c1C2=O. The molecule has 0 unspecified atom stereocenters. The predicted molar refractivity (Wildman–Crippen MR) is 84.1 cm³/mol. The van der Waals surface area contributed by atoms with E-state index in [1.54, 1.807) is 13.1 Å². The zero-order valence-electron chi connectivity index (χ0n) is 11.8. The Morgan fingerprint density at radius 1 is 1.00 bits per heavy atom. The van der Waals surface area contributed by atoms with Crippen LogP contribution in [0.4, 0.5) is 5.69 Å². The van der Waals surface area contributed by atoms with Crippen molar-refractivity contribution >= 4 is 39.0 Å². The van der Waals surface area contributed by atoms with E-state index in [9.17, 15) is 22.6 Å². The number of hydrogen-bond donors (Lipinski definition) is 2. The Balaban J connectivity index is 2.44. The molecule has 0 bridgehead atoms. The third kappa shape index (κ3) is 2.24. The van der Waals surface area contributed by atoms with Gasteiger partial charge in [0, 0.05) is 18.3 Å². The van der Waals surface area contributed by atoms with Gasteiger partial charge in [-0.15, -0.1) is 0 Å². The van der Waals surface area contributed by atoms with Crippen LogP contribution < -0.4 is 5.32 Å². The van der Waals surface area contributed by atoms with Crippen LogP contribution in [0.25, 0.3) is 0 Å². The van der Waals surface area contributed by atoms with E-state index >= 15 is 0 Å². The largest absolute Gasteiger partial charge is 0.388 e. The van der Waals surface area contributed by atoms with E-state index in [1.165, 1.54) is 18.2 Å². The lowest BCUT2D eigenvalue weighted by Gasteiger charge is -2.22. The van der Waals surface area contributed by atoms with Gasteiger partial charge in [0.05, 0.1) is 21.7 Å². The van der Waals surface area contributed by atoms with Crippen molar-refractivity contribution in [2.24, 2.45) is 0 Å². The number of rotatable bonds is 2. The zero-order chi connectivity index (χ0) is 16.9. The number of benzene rings is 2. The highest BCUT2D eigenvalue weighted by atomic mass is 35.5. The molecule has 0 aliphatic heterocycles. The van der Waals surface area contributed by atoms with E-state index in [2.05, 4.69) is 5.32 Å². The van der Waals surface area contributed by atoms with Crippen LogP contribution in [-0.4, -0.2) is 31.6 Å². The van der Waals surface area contributed by atoms with Crippen molar-refractivity contribution in [2.75, 3.05) is 12.4 Å². The summed E-state index contributed by atoms with van der Waals surface area (Å²) in [6.07, 6.45) is 0. The summed E-state index contributed by atoms with van der Waals surface area (Å²) in [6, 6.07) is 6.71. The molecule has 0 saturated carbocycles. The Hall–Kier alpha value is -2.22. The zero-order valence-corrected chi connectivity index (χ0v) is 13.3. The molecule has 6 nitrogen and oxygen atoms in total. The summed E-state index contributed by atoms with van der Waals surface area (Å²) in [5.41, 5.74) is -0.0261. The van der Waals surface area contributed by atoms with Crippen LogP contribution in [0.3, 0.4) is 0 Å². The van der Waals surface area contributed by atoms with Crippen LogP contribution in [0.2, 0.25) is 5.02 Å². The highest BCUT2D eigenvalue weighted by Gasteiger charge is 2.37. The molecule has 2 N–H and O–H groups in total. The summed E-state index contributed by atoms with van der Waals surface area (Å²) in [5.74, 6) is -1.25. The van der Waals surface area contributed by atoms with Gasteiger partial charge in [-0.2, -0.15) is 8.42 Å². The fraction of sp³-hybridized carbons (Fsp3) is 0.0667. The molecule has 0 spiro atoms. The van der Waals surface area contributed by atoms with Crippen molar-refractivity contribution in [2.45, 2.75) is 4.90 Å². The van der Waals surface area contributed by atoms with E-state index < -0.39 is 26.6 Å². The second kappa shape index (κ2) is 5.16. The van der Waals surface area contributed by atoms with E-state index in [0.717, 1.165) is 6.07 Å². The minimum atomic E-state index is -4.66. The molecule has 0 aromatic heterocycles. The van der Waals surface area contributed by atoms with Crippen LogP contribution in [0, 0.1) is 0 Å². The highest BCUT2D eigenvalue weighted by molar-refractivity contribution is 7.86. The van der Waals surface area contributed by atoms with Crippen molar-refractivity contribution in [3.05, 3.63) is 57.6 Å². The number of hydrogen-bond acceptors (Lipinski definition) is 5. The molecule has 118 valence electrons. The van der Waals surface area contributed by atoms with Gasteiger partial charge in [-0.3, -0.25) is 14.1 Å². The summed E-state index contributed by atoms with van der Waals surface area (Å²) < 4.78 is 32.4. The van der Waals surface area contributed by atoms with Crippen molar-refractivity contribution in [3.63, 3.8) is 0 Å². The Labute approximate surface area is 136 Å². The number of carbonyl (C=O) groups is 2. The summed E-state index contributed by atoms with van der Waals surface area (Å²) in [6.45, 7) is 0. The summed E-state index contributed by atoms with van der Waals surface area (Å²) >= 11 is 6.05. The summed E-state index contributed by atoms with van der Waals surface area (Å²) in [4.78, 5) is 24.9. The van der Waals surface area contributed by atoms with Crippen LogP contribution in [0.1, 0.15) is 31.8 Å². The first-order valence-electron chi connectivity index (χ1n) is 6.47. The number of ketones is 2. The van der Waals surface area contributed by atoms with Gasteiger partial charge in [0.25, 0.3) is 10.1 Å². The topological polar surface area (TPSA) is 101 Å². The maximum absolute atomic E-state index is 12.8. The second-order valence-corrected chi connectivity index (χ2v) is 6.70. The monoisotopic (exact) mass is 351 g/mol. The molecular formula is C15H10ClNO5S. The van der Waals surface area contributed by atoms with Crippen molar-refractivity contribution in [1.82, 2.24) is 0 Å². The first-order chi connectivity index (χ1) is 10.8. The minimum absolute atomic E-state index is 0.0353. The van der Waals surface area contributed by atoms with Crippen molar-refractivity contribution < 1.29 is 22.6 Å². The molecule has 0 heterocycles. The van der Waals surface area contributed by atoms with E-state index in [-0.39, 0.29) is 27.3 Å². The van der Waals surface area contributed by atoms with Crippen LogP contribution in [-0.2, 0) is 10.1 Å². The van der Waals surface area contributed by atoms with Gasteiger partial charge in [0.1, 0.15) is 4.90 Å². The first kappa shape index (κ1) is 15.7. The third-order valence-electron chi connectivity index (χ3n) is 3.65. The molecule has 0 atom stereocenters. The average Bonchev–Trinajstić information content (AvgIpc) is 2.50. The standard InChI is InChI=1S/C15H10ClNO5S/c1-17-9-6-5-8(16)12-13(9)14(18)7-3-2-4-10(23(20,21)22)11(7)15(12)19/h2-6,17H,1H3,(H,20,21,22). The lowest BCUT2D eigenvalue weighted by molar-refractivity contribution is 0.0977. The molecule has 23 heavy (non-hydrogen) atoms. The Kier molecular flexibility index (Phi) is 3.51. The smallest absolute Gasteiger partial charge is 0.295 e. The molecule has 0 saturated heterocycles. The Bertz CT molecular complexity index is 982. The first-order valence-corrected chi connectivity index (χ1v) is 8.29. The molecule has 1 aliphatic carbocycles. The van der Waals surface area contributed by atoms with Gasteiger partial charge in [0.15, 0.2) is 11.6 Å². The highest BCUT2D eigenvalue weighted by Crippen LogP contribution is 2.38. The van der Waals surface area contributed by atoms with E-state index in [0.29, 0.717) is 5.69 Å². The lowest BCUT2D eigenvalue weighted by atomic mass is 9.83. The van der Waals surface area contributed by atoms with Crippen LogP contribution in [0.15, 0.2) is 35.2 Å². The number of halogens is 1. The summed E-state index contributed by atoms with van der Waals surface area (Å²) in [5, 5.41) is 2.84. The summed E-state index contributed by atoms with van der Waals surface area (Å²) in [7, 11) is -3.07. The molecule has 0 radical (unpaired) electrons. The maximum Gasteiger partial charge on any atom is 0.295 e. The Morgan fingerprint density at radius 2 is 1.70 bits per heavy atom. The molecule has 0 fully saturated rings. The van der Waals surface area contributed by atoms with E-state index in [1.807, 2.05) is 0 Å². The molecule has 1 aliphatic rings. The minimum Gasteiger partial charge on any atom is -0.388 e. The van der Waals surface area contributed by atoms with E-state index in [4.69, 9.17) is 11.6 Å². The fourth-order valence-electron chi connectivity index (χ4n) is 2.67. The van der Waals surface area contributed by atoms with Crippen molar-refractivity contribution in [1.29, 1.82) is 0 Å². The van der Waals surface area contributed by atoms with Gasteiger partial charge in [-0.05, 0) is 18.2 Å². The third-order valence-corrected chi connectivity index (χ3v) is 4.86. The van der Waals surface area contributed by atoms with Crippen LogP contribution >= 0.6 is 11.6 Å². The lowest BCUT2D eigenvalue weighted by Crippen LogP contribution is -2.25. The predicted octanol–water partition coefficient (Wildman–Crippen LogP) is 2.40. The molecule has 8 heteroatoms. The molecule has 3 rings (SSSR count). The van der Waals surface area contributed by atoms with Gasteiger partial charge < -0.3 is 5.32 Å². The van der Waals surface area contributed by atoms with Gasteiger partial charge in [-0.1, -0.05) is 23.7 Å².